The van der Waals surface area contributed by atoms with Crippen LogP contribution in [0.25, 0.3) is 10.8 Å². The van der Waals surface area contributed by atoms with Crippen molar-refractivity contribution < 1.29 is 5.11 Å². The normalized spacial score (nSPS) is 12.8. The summed E-state index contributed by atoms with van der Waals surface area (Å²) >= 11 is 0. The Morgan fingerprint density at radius 1 is 1.22 bits per heavy atom. The number of aromatic hydroxyl groups is 1. The topological polar surface area (TPSA) is 46.2 Å². The number of benzene rings is 2. The number of rotatable bonds is 4. The monoisotopic (exact) mass is 243 g/mol. The summed E-state index contributed by atoms with van der Waals surface area (Å²) in [5, 5.41) is 12.4. The van der Waals surface area contributed by atoms with E-state index in [0.29, 0.717) is 18.2 Å². The summed E-state index contributed by atoms with van der Waals surface area (Å²) in [6.07, 6.45) is 2.16. The Balaban J connectivity index is 2.66. The van der Waals surface area contributed by atoms with E-state index < -0.39 is 0 Å². The molecule has 0 spiro atoms. The molecule has 0 aliphatic heterocycles. The van der Waals surface area contributed by atoms with Crippen LogP contribution >= 0.6 is 0 Å². The molecule has 0 heterocycles. The number of fused-ring (bicyclic) bond motifs is 1. The van der Waals surface area contributed by atoms with Gasteiger partial charge in [-0.2, -0.15) is 0 Å². The second kappa shape index (κ2) is 5.40. The van der Waals surface area contributed by atoms with E-state index in [2.05, 4.69) is 19.1 Å². The van der Waals surface area contributed by atoms with Gasteiger partial charge in [-0.05, 0) is 53.8 Å². The standard InChI is InChI=1S/C16H21NO/c1-3-6-12(10-17)15-9-16(18)11(2)13-7-4-5-8-14(13)15/h4-5,7-9,12,18H,3,6,10,17H2,1-2H3. The molecule has 3 N–H and O–H groups in total. The van der Waals surface area contributed by atoms with Gasteiger partial charge in [0.05, 0.1) is 0 Å². The molecule has 0 radical (unpaired) electrons. The number of aryl methyl sites for hydroxylation is 1. The highest BCUT2D eigenvalue weighted by atomic mass is 16.3. The Hall–Kier alpha value is -1.54. The lowest BCUT2D eigenvalue weighted by Crippen LogP contribution is -2.12. The first kappa shape index (κ1) is 12.9. The van der Waals surface area contributed by atoms with Crippen molar-refractivity contribution in [1.82, 2.24) is 0 Å². The van der Waals surface area contributed by atoms with Crippen LogP contribution in [-0.4, -0.2) is 11.7 Å². The van der Waals surface area contributed by atoms with Gasteiger partial charge in [-0.3, -0.25) is 0 Å². The van der Waals surface area contributed by atoms with Crippen LogP contribution in [0.1, 0.15) is 36.8 Å². The Morgan fingerprint density at radius 3 is 2.50 bits per heavy atom. The molecule has 2 aromatic carbocycles. The smallest absolute Gasteiger partial charge is 0.119 e. The van der Waals surface area contributed by atoms with Crippen LogP contribution in [0.5, 0.6) is 5.75 Å². The number of nitrogens with two attached hydrogens (primary N) is 1. The van der Waals surface area contributed by atoms with Crippen molar-refractivity contribution in [3.8, 4) is 5.75 Å². The highest BCUT2D eigenvalue weighted by molar-refractivity contribution is 5.90. The van der Waals surface area contributed by atoms with E-state index in [4.69, 9.17) is 5.73 Å². The van der Waals surface area contributed by atoms with Crippen LogP contribution in [0.15, 0.2) is 30.3 Å². The van der Waals surface area contributed by atoms with Crippen LogP contribution in [-0.2, 0) is 0 Å². The molecule has 0 amide bonds. The molecule has 2 rings (SSSR count). The van der Waals surface area contributed by atoms with Crippen LogP contribution in [0.2, 0.25) is 0 Å². The minimum Gasteiger partial charge on any atom is -0.508 e. The van der Waals surface area contributed by atoms with Gasteiger partial charge in [-0.25, -0.2) is 0 Å². The number of phenolic OH excluding ortho intramolecular Hbond substituents is 1. The summed E-state index contributed by atoms with van der Waals surface area (Å²) < 4.78 is 0. The largest absolute Gasteiger partial charge is 0.508 e. The molecule has 2 heteroatoms. The van der Waals surface area contributed by atoms with Gasteiger partial charge in [-0.1, -0.05) is 37.6 Å². The zero-order valence-corrected chi connectivity index (χ0v) is 11.1. The number of phenols is 1. The number of hydrogen-bond acceptors (Lipinski definition) is 2. The fourth-order valence-corrected chi connectivity index (χ4v) is 2.62. The van der Waals surface area contributed by atoms with E-state index >= 15 is 0 Å². The van der Waals surface area contributed by atoms with Gasteiger partial charge in [0, 0.05) is 0 Å². The van der Waals surface area contributed by atoms with Gasteiger partial charge < -0.3 is 10.8 Å². The summed E-state index contributed by atoms with van der Waals surface area (Å²) in [6, 6.07) is 10.1. The van der Waals surface area contributed by atoms with Gasteiger partial charge in [-0.15, -0.1) is 0 Å². The zero-order valence-electron chi connectivity index (χ0n) is 11.1. The van der Waals surface area contributed by atoms with Gasteiger partial charge in [0.25, 0.3) is 0 Å². The van der Waals surface area contributed by atoms with E-state index in [1.54, 1.807) is 0 Å². The molecule has 0 aromatic heterocycles. The molecule has 0 bridgehead atoms. The minimum atomic E-state index is 0.325. The van der Waals surface area contributed by atoms with Crippen LogP contribution in [0.3, 0.4) is 0 Å². The lowest BCUT2D eigenvalue weighted by atomic mass is 9.88. The molecule has 1 atom stereocenters. The average molecular weight is 243 g/mol. The van der Waals surface area contributed by atoms with Crippen molar-refractivity contribution in [2.24, 2.45) is 5.73 Å². The minimum absolute atomic E-state index is 0.325. The predicted octanol–water partition coefficient (Wildman–Crippen LogP) is 3.70. The molecule has 96 valence electrons. The van der Waals surface area contributed by atoms with Gasteiger partial charge in [0.15, 0.2) is 0 Å². The molecule has 2 aromatic rings. The fraction of sp³-hybridized carbons (Fsp3) is 0.375. The third kappa shape index (κ3) is 2.21. The molecule has 0 saturated heterocycles. The van der Waals surface area contributed by atoms with Crippen molar-refractivity contribution in [2.45, 2.75) is 32.6 Å². The first-order chi connectivity index (χ1) is 8.69. The molecule has 0 aliphatic carbocycles. The molecular weight excluding hydrogens is 222 g/mol. The maximum atomic E-state index is 10.1. The Morgan fingerprint density at radius 2 is 1.89 bits per heavy atom. The molecule has 0 fully saturated rings. The Labute approximate surface area is 108 Å². The molecule has 0 aliphatic rings. The van der Waals surface area contributed by atoms with E-state index in [1.165, 1.54) is 10.9 Å². The van der Waals surface area contributed by atoms with Gasteiger partial charge in [0.2, 0.25) is 0 Å². The fourth-order valence-electron chi connectivity index (χ4n) is 2.62. The summed E-state index contributed by atoms with van der Waals surface area (Å²) in [7, 11) is 0. The maximum Gasteiger partial charge on any atom is 0.119 e. The highest BCUT2D eigenvalue weighted by Gasteiger charge is 2.15. The molecular formula is C16H21NO. The van der Waals surface area contributed by atoms with Crippen molar-refractivity contribution in [3.05, 3.63) is 41.5 Å². The third-order valence-corrected chi connectivity index (χ3v) is 3.68. The van der Waals surface area contributed by atoms with Crippen LogP contribution in [0, 0.1) is 6.92 Å². The van der Waals surface area contributed by atoms with Crippen molar-refractivity contribution in [1.29, 1.82) is 0 Å². The van der Waals surface area contributed by atoms with Crippen molar-refractivity contribution >= 4 is 10.8 Å². The summed E-state index contributed by atoms with van der Waals surface area (Å²) in [5.41, 5.74) is 8.01. The van der Waals surface area contributed by atoms with E-state index in [9.17, 15) is 5.11 Å². The SMILES string of the molecule is CCCC(CN)c1cc(O)c(C)c2ccccc12. The first-order valence-corrected chi connectivity index (χ1v) is 6.60. The van der Waals surface area contributed by atoms with Crippen LogP contribution in [0.4, 0.5) is 0 Å². The Bertz CT molecular complexity index is 548. The molecule has 2 nitrogen and oxygen atoms in total. The summed E-state index contributed by atoms with van der Waals surface area (Å²) in [6.45, 7) is 4.75. The lowest BCUT2D eigenvalue weighted by Gasteiger charge is -2.18. The van der Waals surface area contributed by atoms with Crippen molar-refractivity contribution in [2.75, 3.05) is 6.54 Å². The van der Waals surface area contributed by atoms with Crippen LogP contribution < -0.4 is 5.73 Å². The maximum absolute atomic E-state index is 10.1. The summed E-state index contributed by atoms with van der Waals surface area (Å²) in [5.74, 6) is 0.699. The van der Waals surface area contributed by atoms with Gasteiger partial charge in [0.1, 0.15) is 5.75 Å². The van der Waals surface area contributed by atoms with Crippen molar-refractivity contribution in [3.63, 3.8) is 0 Å². The molecule has 18 heavy (non-hydrogen) atoms. The zero-order chi connectivity index (χ0) is 13.1. The second-order valence-electron chi connectivity index (χ2n) is 4.88. The quantitative estimate of drug-likeness (QED) is 0.860. The lowest BCUT2D eigenvalue weighted by molar-refractivity contribution is 0.470. The van der Waals surface area contributed by atoms with E-state index in [-0.39, 0.29) is 0 Å². The summed E-state index contributed by atoms with van der Waals surface area (Å²) in [4.78, 5) is 0. The highest BCUT2D eigenvalue weighted by Crippen LogP contribution is 2.35. The third-order valence-electron chi connectivity index (χ3n) is 3.68. The molecule has 1 unspecified atom stereocenters. The van der Waals surface area contributed by atoms with E-state index in [0.717, 1.165) is 23.8 Å². The van der Waals surface area contributed by atoms with Gasteiger partial charge >= 0.3 is 0 Å². The average Bonchev–Trinajstić information content (AvgIpc) is 2.40. The second-order valence-corrected chi connectivity index (χ2v) is 4.88. The first-order valence-electron chi connectivity index (χ1n) is 6.60. The molecule has 0 saturated carbocycles. The predicted molar refractivity (Wildman–Crippen MR) is 77.1 cm³/mol. The van der Waals surface area contributed by atoms with E-state index in [1.807, 2.05) is 25.1 Å². The Kier molecular flexibility index (Phi) is 3.87. The number of hydrogen-bond donors (Lipinski definition) is 2.